The first-order valence-corrected chi connectivity index (χ1v) is 13.9. The Morgan fingerprint density at radius 1 is 0.413 bits per heavy atom. The van der Waals surface area contributed by atoms with Crippen molar-refractivity contribution < 1.29 is 130 Å². The van der Waals surface area contributed by atoms with Gasteiger partial charge in [0.1, 0.15) is 12.2 Å². The van der Waals surface area contributed by atoms with E-state index in [4.69, 9.17) is 0 Å². The third-order valence-corrected chi connectivity index (χ3v) is 9.62. The highest BCUT2D eigenvalue weighted by molar-refractivity contribution is 7.88. The predicted molar refractivity (Wildman–Crippen MR) is 96.0 cm³/mol. The summed E-state index contributed by atoms with van der Waals surface area (Å²) in [5.41, 5.74) is 0. The van der Waals surface area contributed by atoms with Gasteiger partial charge in [-0.1, -0.05) is 0 Å². The summed E-state index contributed by atoms with van der Waals surface area (Å²) in [5.74, 6) is 0. The first kappa shape index (κ1) is 44.3. The summed E-state index contributed by atoms with van der Waals surface area (Å²) in [6.07, 6.45) is -55.6. The van der Waals surface area contributed by atoms with Crippen LogP contribution in [0.2, 0.25) is 0 Å². The summed E-state index contributed by atoms with van der Waals surface area (Å²) in [7, 11) is -25.2. The van der Waals surface area contributed by atoms with Crippen LogP contribution in [0, 0.1) is 0 Å². The van der Waals surface area contributed by atoms with Crippen LogP contribution in [0.15, 0.2) is 0 Å². The summed E-state index contributed by atoms with van der Waals surface area (Å²) in [6.45, 7) is -4.36. The molecule has 0 saturated carbocycles. The molecule has 0 rings (SSSR count). The van der Waals surface area contributed by atoms with Gasteiger partial charge in [-0.15, -0.1) is 0 Å². The minimum Gasteiger partial charge on any atom is -0.264 e. The van der Waals surface area contributed by atoms with E-state index in [-0.39, 0.29) is 0 Å². The monoisotopic (exact) mass is 802 g/mol. The third kappa shape index (κ3) is 7.30. The Morgan fingerprint density at radius 2 is 0.630 bits per heavy atom. The van der Waals surface area contributed by atoms with E-state index in [1.165, 1.54) is 0 Å². The fourth-order valence-electron chi connectivity index (χ4n) is 2.37. The summed E-state index contributed by atoms with van der Waals surface area (Å²) in [4.78, 5) is 0. The molecule has 46 heavy (non-hydrogen) atoms. The highest BCUT2D eigenvalue weighted by atomic mass is 32.2. The van der Waals surface area contributed by atoms with E-state index in [1.807, 2.05) is 0 Å². The topological polar surface area (TPSA) is 130 Å². The lowest BCUT2D eigenvalue weighted by molar-refractivity contribution is -0.310. The molecule has 0 aromatic heterocycles. The molecule has 0 fully saturated rings. The summed E-state index contributed by atoms with van der Waals surface area (Å²) >= 11 is 0. The molecule has 0 aromatic carbocycles. The van der Waals surface area contributed by atoms with Crippen molar-refractivity contribution in [3.8, 4) is 0 Å². The van der Waals surface area contributed by atoms with Crippen LogP contribution in [0.1, 0.15) is 6.92 Å². The van der Waals surface area contributed by atoms with Crippen LogP contribution in [-0.4, -0.2) is 96.1 Å². The molecule has 278 valence electrons. The van der Waals surface area contributed by atoms with Gasteiger partial charge in [-0.05, 0) is 6.92 Å². The molecule has 0 aliphatic heterocycles. The number of hydrogen-bond donors (Lipinski definition) is 0. The van der Waals surface area contributed by atoms with E-state index in [0.29, 0.717) is 0 Å². The first-order chi connectivity index (χ1) is 19.4. The zero-order chi connectivity index (χ0) is 38.0. The minimum absolute atomic E-state index is 0.752. The summed E-state index contributed by atoms with van der Waals surface area (Å²) in [6, 6.07) is 0. The summed E-state index contributed by atoms with van der Waals surface area (Å²) < 4.78 is 349. The Labute approximate surface area is 238 Å². The van der Waals surface area contributed by atoms with Gasteiger partial charge in [0.05, 0.1) is 6.61 Å². The fraction of sp³-hybridized carbons (Fsp3) is 1.00. The zero-order valence-electron chi connectivity index (χ0n) is 20.2. The van der Waals surface area contributed by atoms with Crippen molar-refractivity contribution in [3.05, 3.63) is 0 Å². The van der Waals surface area contributed by atoms with E-state index < -0.39 is 108 Å². The van der Waals surface area contributed by atoms with E-state index in [1.54, 1.807) is 0 Å². The van der Waals surface area contributed by atoms with Crippen LogP contribution in [0.3, 0.4) is 0 Å². The van der Waals surface area contributed by atoms with Gasteiger partial charge in [0.15, 0.2) is 0 Å². The molecular weight excluding hydrogens is 795 g/mol. The second-order valence-corrected chi connectivity index (χ2v) is 12.9. The minimum atomic E-state index is -8.53. The first-order valence-electron chi connectivity index (χ1n) is 9.66. The lowest BCUT2D eigenvalue weighted by Gasteiger charge is -2.33. The Morgan fingerprint density at radius 3 is 0.870 bits per heavy atom. The molecule has 2 atom stereocenters. The third-order valence-electron chi connectivity index (χ3n) is 4.66. The van der Waals surface area contributed by atoms with Crippen LogP contribution >= 0.6 is 0 Å². The molecule has 0 N–H and O–H groups in total. The number of hydrogen-bond acceptors (Lipinski definition) is 9. The highest BCUT2D eigenvalue weighted by Gasteiger charge is 2.84. The van der Waals surface area contributed by atoms with Crippen molar-refractivity contribution in [1.82, 2.24) is 0 Å². The van der Waals surface area contributed by atoms with Crippen molar-refractivity contribution >= 4 is 30.4 Å². The van der Waals surface area contributed by atoms with E-state index in [9.17, 15) is 117 Å². The Bertz CT molecular complexity index is 1370. The number of alkyl halides is 21. The molecular formula is C13H7F21O9S3. The molecule has 0 saturated heterocycles. The van der Waals surface area contributed by atoms with Crippen molar-refractivity contribution in [2.75, 3.05) is 6.61 Å². The quantitative estimate of drug-likeness (QED) is 0.206. The average molecular weight is 802 g/mol. The van der Waals surface area contributed by atoms with Gasteiger partial charge in [-0.25, -0.2) is 13.2 Å². The maximum atomic E-state index is 14.0. The highest BCUT2D eigenvalue weighted by Crippen LogP contribution is 2.53. The SMILES string of the molecule is CC(OS(=O)(=O)C(F)(C(F)(F)F)C(F)(F)F)C(COS(=O)(=O)C(F)(C(F)(F)F)C(F)(F)F)OS(=O)(=O)C(F)(C(F)(F)F)C(F)(F)F. The molecule has 33 heteroatoms. The van der Waals surface area contributed by atoms with Crippen LogP contribution in [0.25, 0.3) is 0 Å². The van der Waals surface area contributed by atoms with Gasteiger partial charge >= 0.3 is 82.4 Å². The molecule has 2 unspecified atom stereocenters. The maximum Gasteiger partial charge on any atom is 0.449 e. The molecule has 0 bridgehead atoms. The lowest BCUT2D eigenvalue weighted by Crippen LogP contribution is -2.62. The van der Waals surface area contributed by atoms with Gasteiger partial charge in [-0.3, -0.25) is 12.5 Å². The van der Waals surface area contributed by atoms with Crippen molar-refractivity contribution in [3.63, 3.8) is 0 Å². The largest absolute Gasteiger partial charge is 0.449 e. The smallest absolute Gasteiger partial charge is 0.264 e. The maximum absolute atomic E-state index is 14.0. The van der Waals surface area contributed by atoms with Gasteiger partial charge < -0.3 is 0 Å². The second-order valence-electron chi connectivity index (χ2n) is 7.86. The molecule has 0 spiro atoms. The standard InChI is InChI=1S/C13H7F21O9S3/c1-3(42-45(37,38)6(15,10(23,24)25)11(26,27)28)4(43-46(39,40)7(16,12(29,30)31)13(32,33)34)2-41-44(35,36)5(14,8(17,18)19)9(20,21)22/h3-4H,2H2,1H3. The molecule has 0 aliphatic rings. The fourth-order valence-corrected chi connectivity index (χ4v) is 5.87. The van der Waals surface area contributed by atoms with E-state index in [2.05, 4.69) is 12.5 Å². The van der Waals surface area contributed by atoms with Crippen molar-refractivity contribution in [1.29, 1.82) is 0 Å². The molecule has 0 radical (unpaired) electrons. The average Bonchev–Trinajstić information content (AvgIpc) is 2.74. The van der Waals surface area contributed by atoms with Crippen LogP contribution in [-0.2, 0) is 42.9 Å². The Balaban J connectivity index is 7.43. The molecule has 0 aromatic rings. The van der Waals surface area contributed by atoms with Gasteiger partial charge in [0.2, 0.25) is 0 Å². The Kier molecular flexibility index (Phi) is 11.5. The van der Waals surface area contributed by atoms with E-state index >= 15 is 0 Å². The van der Waals surface area contributed by atoms with Crippen molar-refractivity contribution in [2.24, 2.45) is 0 Å². The summed E-state index contributed by atoms with van der Waals surface area (Å²) in [5, 5.41) is -23.3. The molecule has 0 amide bonds. The number of rotatable bonds is 11. The second kappa shape index (κ2) is 12.0. The van der Waals surface area contributed by atoms with Crippen molar-refractivity contribution in [2.45, 2.75) is 71.2 Å². The lowest BCUT2D eigenvalue weighted by atomic mass is 10.2. The van der Waals surface area contributed by atoms with Gasteiger partial charge in [0.25, 0.3) is 0 Å². The van der Waals surface area contributed by atoms with Crippen LogP contribution in [0.5, 0.6) is 0 Å². The molecule has 0 aliphatic carbocycles. The zero-order valence-corrected chi connectivity index (χ0v) is 22.6. The van der Waals surface area contributed by atoms with Gasteiger partial charge in [-0.2, -0.15) is 104 Å². The normalized spacial score (nSPS) is 17.6. The molecule has 9 nitrogen and oxygen atoms in total. The predicted octanol–water partition coefficient (Wildman–Crippen LogP) is 5.15. The van der Waals surface area contributed by atoms with E-state index in [0.717, 1.165) is 0 Å². The van der Waals surface area contributed by atoms with Crippen LogP contribution < -0.4 is 0 Å². The van der Waals surface area contributed by atoms with Crippen LogP contribution in [0.4, 0.5) is 92.2 Å². The molecule has 0 heterocycles. The number of halogens is 21. The van der Waals surface area contributed by atoms with Gasteiger partial charge in [0, 0.05) is 0 Å². The Hall–Kier alpha value is -1.74.